The molecule has 14 heavy (non-hydrogen) atoms. The second-order valence-electron chi connectivity index (χ2n) is 3.10. The zero-order valence-electron chi connectivity index (χ0n) is 8.65. The number of ketones is 1. The van der Waals surface area contributed by atoms with Crippen molar-refractivity contribution in [3.8, 4) is 0 Å². The van der Waals surface area contributed by atoms with Gasteiger partial charge in [-0.05, 0) is 13.8 Å². The second kappa shape index (κ2) is 6.84. The Morgan fingerprint density at radius 2 is 2.00 bits per heavy atom. The van der Waals surface area contributed by atoms with E-state index >= 15 is 0 Å². The summed E-state index contributed by atoms with van der Waals surface area (Å²) in [6.07, 6.45) is -0.0413. The number of carbonyl (C=O) groups is 2. The first-order valence-electron chi connectivity index (χ1n) is 4.34. The summed E-state index contributed by atoms with van der Waals surface area (Å²) in [5.41, 5.74) is 0. The van der Waals surface area contributed by atoms with E-state index in [1.54, 1.807) is 6.92 Å². The van der Waals surface area contributed by atoms with Crippen molar-refractivity contribution in [3.05, 3.63) is 0 Å². The van der Waals surface area contributed by atoms with E-state index in [0.717, 1.165) is 0 Å². The summed E-state index contributed by atoms with van der Waals surface area (Å²) in [5.74, 6) is -0.561. The maximum absolute atomic E-state index is 11.2. The van der Waals surface area contributed by atoms with Crippen molar-refractivity contribution in [2.45, 2.75) is 31.6 Å². The fourth-order valence-electron chi connectivity index (χ4n) is 0.719. The molecule has 0 aromatic heterocycles. The Labute approximate surface area is 89.4 Å². The lowest BCUT2D eigenvalue weighted by Gasteiger charge is -2.12. The number of thiol groups is 1. The van der Waals surface area contributed by atoms with Crippen molar-refractivity contribution in [1.82, 2.24) is 0 Å². The minimum atomic E-state index is -0.670. The molecule has 5 heteroatoms. The van der Waals surface area contributed by atoms with Crippen LogP contribution in [-0.2, 0) is 19.1 Å². The monoisotopic (exact) mass is 220 g/mol. The van der Waals surface area contributed by atoms with Gasteiger partial charge in [-0.25, -0.2) is 0 Å². The molecule has 4 nitrogen and oxygen atoms in total. The number of rotatable bonds is 6. The van der Waals surface area contributed by atoms with Crippen molar-refractivity contribution in [3.63, 3.8) is 0 Å². The van der Waals surface area contributed by atoms with Crippen LogP contribution in [0.1, 0.15) is 20.3 Å². The number of hydrogen-bond acceptors (Lipinski definition) is 5. The van der Waals surface area contributed by atoms with E-state index in [-0.39, 0.29) is 24.9 Å². The molecule has 0 fully saturated rings. The number of hydrogen-bond donors (Lipinski definition) is 1. The minimum Gasteiger partial charge on any atom is -0.462 e. The summed E-state index contributed by atoms with van der Waals surface area (Å²) in [5, 5.41) is -0.670. The van der Waals surface area contributed by atoms with Gasteiger partial charge in [0.1, 0.15) is 17.6 Å². The number of carbonyl (C=O) groups excluding carboxylic acids is 2. The fraction of sp³-hybridized carbons (Fsp3) is 0.778. The van der Waals surface area contributed by atoms with E-state index in [4.69, 9.17) is 9.47 Å². The maximum Gasteiger partial charge on any atom is 0.319 e. The first kappa shape index (κ1) is 13.4. The van der Waals surface area contributed by atoms with Crippen LogP contribution in [0.15, 0.2) is 0 Å². The molecular formula is C9H16O4S. The molecule has 0 aromatic rings. The topological polar surface area (TPSA) is 52.6 Å². The summed E-state index contributed by atoms with van der Waals surface area (Å²) in [7, 11) is 1.53. The van der Waals surface area contributed by atoms with Crippen LogP contribution in [0.25, 0.3) is 0 Å². The lowest BCUT2D eigenvalue weighted by molar-refractivity contribution is -0.147. The quantitative estimate of drug-likeness (QED) is 0.532. The van der Waals surface area contributed by atoms with Gasteiger partial charge < -0.3 is 9.47 Å². The van der Waals surface area contributed by atoms with Crippen LogP contribution in [0.4, 0.5) is 0 Å². The molecule has 0 N–H and O–H groups in total. The predicted octanol–water partition coefficient (Wildman–Crippen LogP) is 0.842. The molecule has 0 saturated heterocycles. The number of ether oxygens (including phenoxy) is 2. The molecular weight excluding hydrogens is 204 g/mol. The normalized spacial score (nSPS) is 14.6. The first-order chi connectivity index (χ1) is 6.47. The summed E-state index contributed by atoms with van der Waals surface area (Å²) in [6.45, 7) is 3.38. The van der Waals surface area contributed by atoms with E-state index in [0.29, 0.717) is 0 Å². The van der Waals surface area contributed by atoms with Gasteiger partial charge in [0.2, 0.25) is 0 Å². The van der Waals surface area contributed by atoms with Crippen LogP contribution in [0.3, 0.4) is 0 Å². The van der Waals surface area contributed by atoms with E-state index in [9.17, 15) is 9.59 Å². The molecule has 2 unspecified atom stereocenters. The van der Waals surface area contributed by atoms with Gasteiger partial charge in [-0.2, -0.15) is 12.6 Å². The van der Waals surface area contributed by atoms with Crippen LogP contribution in [0.2, 0.25) is 0 Å². The molecule has 0 aromatic carbocycles. The second-order valence-corrected chi connectivity index (χ2v) is 3.72. The van der Waals surface area contributed by atoms with Gasteiger partial charge >= 0.3 is 5.97 Å². The van der Waals surface area contributed by atoms with E-state index in [1.165, 1.54) is 14.0 Å². The van der Waals surface area contributed by atoms with Gasteiger partial charge in [-0.15, -0.1) is 0 Å². The Morgan fingerprint density at radius 3 is 2.43 bits per heavy atom. The predicted molar refractivity (Wildman–Crippen MR) is 55.5 cm³/mol. The first-order valence-corrected chi connectivity index (χ1v) is 4.86. The molecule has 0 spiro atoms. The maximum atomic E-state index is 11.2. The summed E-state index contributed by atoms with van der Waals surface area (Å²) < 4.78 is 9.76. The van der Waals surface area contributed by atoms with Crippen molar-refractivity contribution in [2.75, 3.05) is 13.7 Å². The van der Waals surface area contributed by atoms with Crippen LogP contribution in [0.5, 0.6) is 0 Å². The molecule has 0 amide bonds. The van der Waals surface area contributed by atoms with Crippen molar-refractivity contribution < 1.29 is 19.1 Å². The van der Waals surface area contributed by atoms with Crippen molar-refractivity contribution in [1.29, 1.82) is 0 Å². The zero-order valence-corrected chi connectivity index (χ0v) is 9.54. The van der Waals surface area contributed by atoms with Gasteiger partial charge in [0.25, 0.3) is 0 Å². The van der Waals surface area contributed by atoms with Gasteiger partial charge in [-0.1, -0.05) is 0 Å². The van der Waals surface area contributed by atoms with Crippen molar-refractivity contribution >= 4 is 24.4 Å². The third-order valence-electron chi connectivity index (χ3n) is 1.62. The van der Waals surface area contributed by atoms with Crippen LogP contribution in [0, 0.1) is 0 Å². The van der Waals surface area contributed by atoms with Crippen molar-refractivity contribution in [2.24, 2.45) is 0 Å². The molecule has 0 bridgehead atoms. The summed E-state index contributed by atoms with van der Waals surface area (Å²) >= 11 is 3.96. The number of methoxy groups -OCH3 is 1. The Hall–Kier alpha value is -0.550. The van der Waals surface area contributed by atoms with E-state index < -0.39 is 11.2 Å². The van der Waals surface area contributed by atoms with Gasteiger partial charge in [-0.3, -0.25) is 9.59 Å². The standard InChI is InChI=1S/C9H16O4S/c1-6(10)4-8(14)9(11)13-5-7(2)12-3/h7-8,14H,4-5H2,1-3H3. The van der Waals surface area contributed by atoms with Gasteiger partial charge in [0, 0.05) is 13.5 Å². The highest BCUT2D eigenvalue weighted by molar-refractivity contribution is 7.81. The Balaban J connectivity index is 3.78. The smallest absolute Gasteiger partial charge is 0.319 e. The highest BCUT2D eigenvalue weighted by Crippen LogP contribution is 2.05. The Bertz CT molecular complexity index is 205. The largest absolute Gasteiger partial charge is 0.462 e. The Morgan fingerprint density at radius 1 is 1.43 bits per heavy atom. The van der Waals surface area contributed by atoms with E-state index in [1.807, 2.05) is 0 Å². The third-order valence-corrected chi connectivity index (χ3v) is 2.01. The molecule has 0 heterocycles. The highest BCUT2D eigenvalue weighted by atomic mass is 32.1. The zero-order chi connectivity index (χ0) is 11.1. The molecule has 2 atom stereocenters. The van der Waals surface area contributed by atoms with Crippen LogP contribution < -0.4 is 0 Å². The highest BCUT2D eigenvalue weighted by Gasteiger charge is 2.18. The molecule has 0 radical (unpaired) electrons. The van der Waals surface area contributed by atoms with Gasteiger partial charge in [0.05, 0.1) is 6.10 Å². The molecule has 82 valence electrons. The lowest BCUT2D eigenvalue weighted by atomic mass is 10.2. The third kappa shape index (κ3) is 5.99. The fourth-order valence-corrected chi connectivity index (χ4v) is 1.05. The van der Waals surface area contributed by atoms with E-state index in [2.05, 4.69) is 12.6 Å². The number of Topliss-reactive ketones (excluding diaryl/α,β-unsaturated/α-hetero) is 1. The summed E-state index contributed by atoms with van der Waals surface area (Å²) in [6, 6.07) is 0. The molecule has 0 saturated carbocycles. The summed E-state index contributed by atoms with van der Waals surface area (Å²) in [4.78, 5) is 21.9. The van der Waals surface area contributed by atoms with Gasteiger partial charge in [0.15, 0.2) is 0 Å². The average Bonchev–Trinajstić information content (AvgIpc) is 2.12. The SMILES string of the molecule is COC(C)COC(=O)C(S)CC(C)=O. The van der Waals surface area contributed by atoms with Crippen LogP contribution >= 0.6 is 12.6 Å². The van der Waals surface area contributed by atoms with Crippen LogP contribution in [-0.4, -0.2) is 36.8 Å². The molecule has 0 aliphatic rings. The average molecular weight is 220 g/mol. The number of esters is 1. The minimum absolute atomic E-state index is 0.0817. The lowest BCUT2D eigenvalue weighted by Crippen LogP contribution is -2.24. The molecule has 0 aliphatic carbocycles. The molecule has 0 aliphatic heterocycles. The molecule has 0 rings (SSSR count). The Kier molecular flexibility index (Phi) is 6.57.